The van der Waals surface area contributed by atoms with Crippen molar-refractivity contribution in [3.8, 4) is 23.7 Å². The standard InChI is InChI=1S/C25H24BrN7O2/c1-3-5-6-14-32-23-18(15-19(26)27-23)24(34)33-20(29-30-25(32)33)8-7-9-21-28-22(31-35-21)17-12-10-16(4-2)11-13-17/h2,10-13H,3,5-9,14-15H2,1H3. The fourth-order valence-electron chi connectivity index (χ4n) is 4.24. The van der Waals surface area contributed by atoms with Crippen LogP contribution in [-0.2, 0) is 25.8 Å². The van der Waals surface area contributed by atoms with Gasteiger partial charge in [0.2, 0.25) is 17.5 Å². The van der Waals surface area contributed by atoms with E-state index in [1.807, 2.05) is 28.8 Å². The Morgan fingerprint density at radius 2 is 1.97 bits per heavy atom. The van der Waals surface area contributed by atoms with Gasteiger partial charge in [-0.05, 0) is 53.0 Å². The minimum absolute atomic E-state index is 0.101. The Balaban J connectivity index is 1.34. The molecule has 5 rings (SSSR count). The Bertz CT molecular complexity index is 1510. The molecule has 3 aromatic heterocycles. The Labute approximate surface area is 210 Å². The topological polar surface area (TPSA) is 103 Å². The number of nitrogens with zero attached hydrogens (tertiary/aromatic N) is 7. The number of terminal acetylenes is 1. The smallest absolute Gasteiger partial charge is 0.266 e. The molecule has 0 spiro atoms. The lowest BCUT2D eigenvalue weighted by Gasteiger charge is -2.12. The van der Waals surface area contributed by atoms with E-state index >= 15 is 0 Å². The van der Waals surface area contributed by atoms with Crippen molar-refractivity contribution in [2.75, 3.05) is 0 Å². The Kier molecular flexibility index (Phi) is 6.59. The zero-order chi connectivity index (χ0) is 24.4. The number of aryl methyl sites for hydroxylation is 3. The van der Waals surface area contributed by atoms with Gasteiger partial charge in [0.15, 0.2) is 0 Å². The van der Waals surface area contributed by atoms with Gasteiger partial charge in [-0.1, -0.05) is 30.8 Å². The lowest BCUT2D eigenvalue weighted by molar-refractivity contribution is 0.375. The number of rotatable bonds is 9. The molecular weight excluding hydrogens is 510 g/mol. The van der Waals surface area contributed by atoms with Crippen LogP contribution in [0.1, 0.15) is 55.4 Å². The van der Waals surface area contributed by atoms with Crippen LogP contribution in [0.2, 0.25) is 0 Å². The van der Waals surface area contributed by atoms with E-state index in [-0.39, 0.29) is 5.56 Å². The molecular formula is C25H24BrN7O2. The Morgan fingerprint density at radius 3 is 2.74 bits per heavy atom. The van der Waals surface area contributed by atoms with Crippen LogP contribution in [0.5, 0.6) is 0 Å². The normalized spacial score (nSPS) is 12.7. The van der Waals surface area contributed by atoms with Gasteiger partial charge in [0.1, 0.15) is 11.6 Å². The molecule has 1 aromatic carbocycles. The SMILES string of the molecule is C#Cc1ccc(-c2noc(CCCc3nnc4n(CCCCC)c5c(c(=O)n34)CC(Br)=N5)n2)cc1. The van der Waals surface area contributed by atoms with Crippen LogP contribution in [0.25, 0.3) is 17.2 Å². The van der Waals surface area contributed by atoms with Gasteiger partial charge < -0.3 is 4.52 Å². The summed E-state index contributed by atoms with van der Waals surface area (Å²) in [7, 11) is 0. The molecule has 4 aromatic rings. The summed E-state index contributed by atoms with van der Waals surface area (Å²) in [6.45, 7) is 2.91. The van der Waals surface area contributed by atoms with Crippen molar-refractivity contribution in [1.82, 2.24) is 29.3 Å². The van der Waals surface area contributed by atoms with Crippen molar-refractivity contribution in [1.29, 1.82) is 0 Å². The van der Waals surface area contributed by atoms with Crippen molar-refractivity contribution in [2.45, 2.75) is 58.4 Å². The maximum absolute atomic E-state index is 13.3. The number of aromatic nitrogens is 6. The summed E-state index contributed by atoms with van der Waals surface area (Å²) < 4.78 is 9.84. The number of aliphatic imine (C=N–C) groups is 1. The monoisotopic (exact) mass is 533 g/mol. The van der Waals surface area contributed by atoms with Crippen molar-refractivity contribution in [3.05, 3.63) is 57.5 Å². The van der Waals surface area contributed by atoms with E-state index < -0.39 is 0 Å². The second-order valence-electron chi connectivity index (χ2n) is 8.47. The number of halogens is 1. The zero-order valence-electron chi connectivity index (χ0n) is 19.4. The molecule has 0 unspecified atom stereocenters. The highest BCUT2D eigenvalue weighted by Crippen LogP contribution is 2.28. The third-order valence-electron chi connectivity index (χ3n) is 6.05. The van der Waals surface area contributed by atoms with E-state index in [1.54, 1.807) is 4.40 Å². The quantitative estimate of drug-likeness (QED) is 0.235. The van der Waals surface area contributed by atoms with Gasteiger partial charge in [0, 0.05) is 36.9 Å². The van der Waals surface area contributed by atoms with Crippen molar-refractivity contribution >= 4 is 32.1 Å². The summed E-state index contributed by atoms with van der Waals surface area (Å²) in [5.74, 6) is 5.51. The molecule has 0 atom stereocenters. The maximum Gasteiger partial charge on any atom is 0.266 e. The fourth-order valence-corrected chi connectivity index (χ4v) is 4.68. The van der Waals surface area contributed by atoms with E-state index in [0.717, 1.165) is 41.6 Å². The molecule has 0 fully saturated rings. The van der Waals surface area contributed by atoms with Gasteiger partial charge in [0.25, 0.3) is 5.56 Å². The van der Waals surface area contributed by atoms with Crippen LogP contribution < -0.4 is 5.56 Å². The first kappa shape index (κ1) is 23.2. The van der Waals surface area contributed by atoms with Crippen molar-refractivity contribution < 1.29 is 4.52 Å². The second kappa shape index (κ2) is 9.96. The van der Waals surface area contributed by atoms with Gasteiger partial charge in [-0.2, -0.15) is 4.98 Å². The molecule has 0 saturated carbocycles. The van der Waals surface area contributed by atoms with E-state index in [0.29, 0.717) is 60.4 Å². The molecule has 0 saturated heterocycles. The van der Waals surface area contributed by atoms with E-state index in [9.17, 15) is 4.79 Å². The number of hydrogen-bond donors (Lipinski definition) is 0. The molecule has 10 heteroatoms. The molecule has 0 amide bonds. The van der Waals surface area contributed by atoms with Gasteiger partial charge in [-0.25, -0.2) is 9.39 Å². The molecule has 4 heterocycles. The number of fused-ring (bicyclic) bond motifs is 2. The number of unbranched alkanes of at least 4 members (excludes halogenated alkanes) is 2. The minimum Gasteiger partial charge on any atom is -0.339 e. The summed E-state index contributed by atoms with van der Waals surface area (Å²) >= 11 is 3.46. The molecule has 1 aliphatic rings. The summed E-state index contributed by atoms with van der Waals surface area (Å²) in [6, 6.07) is 7.44. The van der Waals surface area contributed by atoms with Crippen LogP contribution in [0.15, 0.2) is 38.6 Å². The molecule has 0 aliphatic carbocycles. The third kappa shape index (κ3) is 4.56. The molecule has 35 heavy (non-hydrogen) atoms. The Hall–Kier alpha value is -3.58. The first-order chi connectivity index (χ1) is 17.1. The molecule has 0 radical (unpaired) electrons. The lowest BCUT2D eigenvalue weighted by atomic mass is 10.1. The van der Waals surface area contributed by atoms with Gasteiger partial charge in [0.05, 0.1) is 10.2 Å². The molecule has 178 valence electrons. The van der Waals surface area contributed by atoms with Gasteiger partial charge in [-0.15, -0.1) is 16.6 Å². The average molecular weight is 534 g/mol. The number of hydrogen-bond acceptors (Lipinski definition) is 7. The van der Waals surface area contributed by atoms with Gasteiger partial charge in [-0.3, -0.25) is 9.36 Å². The summed E-state index contributed by atoms with van der Waals surface area (Å²) in [5.41, 5.74) is 2.22. The predicted octanol–water partition coefficient (Wildman–Crippen LogP) is 4.27. The van der Waals surface area contributed by atoms with Crippen LogP contribution in [0.3, 0.4) is 0 Å². The third-order valence-corrected chi connectivity index (χ3v) is 6.50. The highest BCUT2D eigenvalue weighted by Gasteiger charge is 2.25. The first-order valence-corrected chi connectivity index (χ1v) is 12.5. The fraction of sp³-hybridized carbons (Fsp3) is 0.360. The summed E-state index contributed by atoms with van der Waals surface area (Å²) in [5, 5.41) is 12.8. The van der Waals surface area contributed by atoms with Crippen LogP contribution in [0.4, 0.5) is 5.82 Å². The van der Waals surface area contributed by atoms with Crippen LogP contribution in [0, 0.1) is 12.3 Å². The molecule has 0 bridgehead atoms. The maximum atomic E-state index is 13.3. The highest BCUT2D eigenvalue weighted by atomic mass is 79.9. The first-order valence-electron chi connectivity index (χ1n) is 11.7. The molecule has 1 aliphatic heterocycles. The van der Waals surface area contributed by atoms with E-state index in [4.69, 9.17) is 10.9 Å². The van der Waals surface area contributed by atoms with Gasteiger partial charge >= 0.3 is 0 Å². The molecule has 0 N–H and O–H groups in total. The predicted molar refractivity (Wildman–Crippen MR) is 136 cm³/mol. The largest absolute Gasteiger partial charge is 0.339 e. The summed E-state index contributed by atoms with van der Waals surface area (Å²) in [6.07, 6.45) is 10.9. The lowest BCUT2D eigenvalue weighted by Crippen LogP contribution is -2.23. The average Bonchev–Trinajstić information content (AvgIpc) is 3.60. The zero-order valence-corrected chi connectivity index (χ0v) is 21.0. The van der Waals surface area contributed by atoms with Crippen LogP contribution >= 0.6 is 15.9 Å². The van der Waals surface area contributed by atoms with E-state index in [2.05, 4.69) is 54.1 Å². The van der Waals surface area contributed by atoms with Crippen molar-refractivity contribution in [2.24, 2.45) is 4.99 Å². The second-order valence-corrected chi connectivity index (χ2v) is 9.38. The van der Waals surface area contributed by atoms with Crippen molar-refractivity contribution in [3.63, 3.8) is 0 Å². The molecule has 9 nitrogen and oxygen atoms in total. The highest BCUT2D eigenvalue weighted by molar-refractivity contribution is 9.18. The minimum atomic E-state index is -0.101. The van der Waals surface area contributed by atoms with Crippen LogP contribution in [-0.4, -0.2) is 33.9 Å². The van der Waals surface area contributed by atoms with E-state index in [1.165, 1.54) is 0 Å². The Morgan fingerprint density at radius 1 is 1.14 bits per heavy atom. The summed E-state index contributed by atoms with van der Waals surface area (Å²) in [4.78, 5) is 22.3. The number of benzene rings is 1.